The maximum atomic E-state index is 4.58. The zero-order chi connectivity index (χ0) is 13.3. The van der Waals surface area contributed by atoms with Crippen molar-refractivity contribution in [2.24, 2.45) is 0 Å². The van der Waals surface area contributed by atoms with Gasteiger partial charge in [-0.3, -0.25) is 0 Å². The first-order valence-electron chi connectivity index (χ1n) is 7.58. The first-order valence-corrected chi connectivity index (χ1v) is 7.58. The second-order valence-corrected chi connectivity index (χ2v) is 5.18. The van der Waals surface area contributed by atoms with Crippen molar-refractivity contribution in [1.82, 2.24) is 15.2 Å². The van der Waals surface area contributed by atoms with E-state index in [2.05, 4.69) is 32.3 Å². The third kappa shape index (κ3) is 4.65. The van der Waals surface area contributed by atoms with E-state index in [1.165, 1.54) is 44.9 Å². The minimum atomic E-state index is 0.780. The maximum absolute atomic E-state index is 4.58. The molecule has 2 heterocycles. The molecular formula is C14H25N5. The number of rotatable bonds is 6. The van der Waals surface area contributed by atoms with Gasteiger partial charge in [0.2, 0.25) is 5.95 Å². The van der Waals surface area contributed by atoms with Crippen LogP contribution in [0.1, 0.15) is 51.9 Å². The minimum absolute atomic E-state index is 0.780. The van der Waals surface area contributed by atoms with Gasteiger partial charge in [0.25, 0.3) is 0 Å². The van der Waals surface area contributed by atoms with E-state index in [1.54, 1.807) is 6.20 Å². The van der Waals surface area contributed by atoms with Gasteiger partial charge in [0.15, 0.2) is 5.82 Å². The largest absolute Gasteiger partial charge is 0.369 e. The number of hydrogen-bond acceptors (Lipinski definition) is 5. The Hall–Kier alpha value is -1.39. The lowest BCUT2D eigenvalue weighted by molar-refractivity contribution is 0.726. The van der Waals surface area contributed by atoms with Crippen LogP contribution in [0.25, 0.3) is 0 Å². The third-order valence-electron chi connectivity index (χ3n) is 3.52. The molecule has 1 aliphatic heterocycles. The van der Waals surface area contributed by atoms with Crippen molar-refractivity contribution >= 4 is 11.8 Å². The van der Waals surface area contributed by atoms with E-state index in [-0.39, 0.29) is 0 Å². The first kappa shape index (κ1) is 14.0. The summed E-state index contributed by atoms with van der Waals surface area (Å²) in [5.41, 5.74) is 0. The van der Waals surface area contributed by atoms with Crippen LogP contribution >= 0.6 is 0 Å². The highest BCUT2D eigenvalue weighted by molar-refractivity contribution is 5.38. The van der Waals surface area contributed by atoms with Gasteiger partial charge >= 0.3 is 0 Å². The lowest BCUT2D eigenvalue weighted by atomic mass is 10.2. The number of nitrogens with one attached hydrogen (secondary N) is 1. The molecule has 2 rings (SSSR count). The van der Waals surface area contributed by atoms with Crippen LogP contribution in [0.15, 0.2) is 6.20 Å². The molecule has 0 saturated carbocycles. The Bertz CT molecular complexity index is 361. The van der Waals surface area contributed by atoms with Gasteiger partial charge in [-0.15, -0.1) is 5.10 Å². The van der Waals surface area contributed by atoms with Gasteiger partial charge < -0.3 is 10.2 Å². The molecule has 0 unspecified atom stereocenters. The number of anilines is 2. The molecule has 1 fully saturated rings. The van der Waals surface area contributed by atoms with Crippen molar-refractivity contribution in [1.29, 1.82) is 0 Å². The van der Waals surface area contributed by atoms with Crippen LogP contribution in [0.3, 0.4) is 0 Å². The highest BCUT2D eigenvalue weighted by atomic mass is 15.3. The SMILES string of the molecule is CCCCCNc1cnnc(N2CCCCCC2)n1. The number of unbranched alkanes of at least 4 members (excludes halogenated alkanes) is 2. The fourth-order valence-corrected chi connectivity index (χ4v) is 2.38. The van der Waals surface area contributed by atoms with Crippen LogP contribution in [0.5, 0.6) is 0 Å². The second-order valence-electron chi connectivity index (χ2n) is 5.18. The fourth-order valence-electron chi connectivity index (χ4n) is 2.38. The van der Waals surface area contributed by atoms with E-state index in [1.807, 2.05) is 0 Å². The molecule has 106 valence electrons. The van der Waals surface area contributed by atoms with Gasteiger partial charge in [-0.1, -0.05) is 32.6 Å². The summed E-state index contributed by atoms with van der Waals surface area (Å²) >= 11 is 0. The average molecular weight is 263 g/mol. The molecule has 0 radical (unpaired) electrons. The predicted octanol–water partition coefficient (Wildman–Crippen LogP) is 2.85. The lowest BCUT2D eigenvalue weighted by Crippen LogP contribution is -2.26. The van der Waals surface area contributed by atoms with Crippen LogP contribution in [-0.4, -0.2) is 34.8 Å². The number of aromatic nitrogens is 3. The molecule has 1 N–H and O–H groups in total. The van der Waals surface area contributed by atoms with Crippen molar-refractivity contribution in [2.45, 2.75) is 51.9 Å². The summed E-state index contributed by atoms with van der Waals surface area (Å²) in [4.78, 5) is 6.84. The Morgan fingerprint density at radius 3 is 2.68 bits per heavy atom. The van der Waals surface area contributed by atoms with Crippen molar-refractivity contribution in [2.75, 3.05) is 29.9 Å². The molecule has 0 atom stereocenters. The lowest BCUT2D eigenvalue weighted by Gasteiger charge is -2.19. The van der Waals surface area contributed by atoms with E-state index in [0.717, 1.165) is 31.4 Å². The standard InChI is InChI=1S/C14H25N5/c1-2-3-6-9-15-13-12-16-18-14(17-13)19-10-7-4-5-8-11-19/h12H,2-11H2,1H3,(H,15,17,18). The summed E-state index contributed by atoms with van der Waals surface area (Å²) in [7, 11) is 0. The Balaban J connectivity index is 1.90. The fraction of sp³-hybridized carbons (Fsp3) is 0.786. The molecule has 5 heteroatoms. The molecule has 1 aromatic heterocycles. The number of hydrogen-bond donors (Lipinski definition) is 1. The van der Waals surface area contributed by atoms with Gasteiger partial charge in [0, 0.05) is 19.6 Å². The molecule has 1 aliphatic rings. The molecule has 5 nitrogen and oxygen atoms in total. The zero-order valence-corrected chi connectivity index (χ0v) is 11.9. The molecule has 0 bridgehead atoms. The minimum Gasteiger partial charge on any atom is -0.369 e. The molecule has 0 spiro atoms. The zero-order valence-electron chi connectivity index (χ0n) is 11.9. The van der Waals surface area contributed by atoms with Crippen molar-refractivity contribution in [3.63, 3.8) is 0 Å². The van der Waals surface area contributed by atoms with Crippen LogP contribution in [0.4, 0.5) is 11.8 Å². The van der Waals surface area contributed by atoms with E-state index >= 15 is 0 Å². The Morgan fingerprint density at radius 1 is 1.16 bits per heavy atom. The molecular weight excluding hydrogens is 238 g/mol. The second kappa shape index (κ2) is 7.92. The van der Waals surface area contributed by atoms with Gasteiger partial charge in [-0.2, -0.15) is 10.1 Å². The molecule has 19 heavy (non-hydrogen) atoms. The molecule has 1 aromatic rings. The Kier molecular flexibility index (Phi) is 5.85. The molecule has 0 aromatic carbocycles. The Morgan fingerprint density at radius 2 is 1.95 bits per heavy atom. The van der Waals surface area contributed by atoms with Crippen LogP contribution in [0, 0.1) is 0 Å². The predicted molar refractivity (Wildman–Crippen MR) is 78.5 cm³/mol. The quantitative estimate of drug-likeness (QED) is 0.800. The van der Waals surface area contributed by atoms with Gasteiger partial charge in [0.05, 0.1) is 6.20 Å². The summed E-state index contributed by atoms with van der Waals surface area (Å²) < 4.78 is 0. The smallest absolute Gasteiger partial charge is 0.247 e. The molecule has 0 amide bonds. The summed E-state index contributed by atoms with van der Waals surface area (Å²) in [6.07, 6.45) is 10.5. The van der Waals surface area contributed by atoms with Crippen molar-refractivity contribution < 1.29 is 0 Å². The van der Waals surface area contributed by atoms with E-state index in [9.17, 15) is 0 Å². The van der Waals surface area contributed by atoms with Crippen molar-refractivity contribution in [3.05, 3.63) is 6.20 Å². The van der Waals surface area contributed by atoms with Crippen LogP contribution < -0.4 is 10.2 Å². The Labute approximate surface area is 115 Å². The van der Waals surface area contributed by atoms with Crippen molar-refractivity contribution in [3.8, 4) is 0 Å². The topological polar surface area (TPSA) is 53.9 Å². The monoisotopic (exact) mass is 263 g/mol. The maximum Gasteiger partial charge on any atom is 0.247 e. The summed E-state index contributed by atoms with van der Waals surface area (Å²) in [5, 5.41) is 11.6. The summed E-state index contributed by atoms with van der Waals surface area (Å²) in [6, 6.07) is 0. The number of nitrogens with zero attached hydrogens (tertiary/aromatic N) is 4. The average Bonchev–Trinajstić information content (AvgIpc) is 2.73. The summed E-state index contributed by atoms with van der Waals surface area (Å²) in [5.74, 6) is 1.63. The van der Waals surface area contributed by atoms with Gasteiger partial charge in [-0.25, -0.2) is 0 Å². The van der Waals surface area contributed by atoms with E-state index in [4.69, 9.17) is 0 Å². The van der Waals surface area contributed by atoms with Gasteiger partial charge in [-0.05, 0) is 19.3 Å². The van der Waals surface area contributed by atoms with Crippen LogP contribution in [-0.2, 0) is 0 Å². The normalized spacial score (nSPS) is 16.2. The first-order chi connectivity index (χ1) is 9.40. The molecule has 0 aliphatic carbocycles. The van der Waals surface area contributed by atoms with E-state index in [0.29, 0.717) is 0 Å². The third-order valence-corrected chi connectivity index (χ3v) is 3.52. The molecule has 1 saturated heterocycles. The highest BCUT2D eigenvalue weighted by Crippen LogP contribution is 2.15. The van der Waals surface area contributed by atoms with Crippen LogP contribution in [0.2, 0.25) is 0 Å². The summed E-state index contributed by atoms with van der Waals surface area (Å²) in [6.45, 7) is 5.29. The highest BCUT2D eigenvalue weighted by Gasteiger charge is 2.13. The van der Waals surface area contributed by atoms with E-state index < -0.39 is 0 Å². The van der Waals surface area contributed by atoms with Gasteiger partial charge in [0.1, 0.15) is 0 Å².